The highest BCUT2D eigenvalue weighted by Gasteiger charge is 2.46. The average molecular weight is 255 g/mol. The summed E-state index contributed by atoms with van der Waals surface area (Å²) in [5, 5.41) is 9.12. The van der Waals surface area contributed by atoms with Gasteiger partial charge >= 0.3 is 12.1 Å². The van der Waals surface area contributed by atoms with Crippen molar-refractivity contribution in [3.63, 3.8) is 0 Å². The third kappa shape index (κ3) is 2.31. The Morgan fingerprint density at radius 1 is 1.22 bits per heavy atom. The molecule has 2 rings (SSSR count). The monoisotopic (exact) mass is 255 g/mol. The van der Waals surface area contributed by atoms with Crippen LogP contribution in [-0.4, -0.2) is 41.3 Å². The lowest BCUT2D eigenvalue weighted by Gasteiger charge is -2.50. The molecular formula is C13H21NO4. The average Bonchev–Trinajstić information content (AvgIpc) is 2.39. The first kappa shape index (κ1) is 13.2. The number of carboxylic acids is 1. The minimum Gasteiger partial charge on any atom is -0.481 e. The van der Waals surface area contributed by atoms with Crippen molar-refractivity contribution in [2.45, 2.75) is 50.5 Å². The molecule has 1 heterocycles. The fraction of sp³-hybridized carbons (Fsp3) is 0.846. The van der Waals surface area contributed by atoms with Gasteiger partial charge in [-0.2, -0.15) is 0 Å². The number of ether oxygens (including phenoxy) is 1. The molecule has 5 nitrogen and oxygen atoms in total. The number of nitrogens with zero attached hydrogens (tertiary/aromatic N) is 1. The molecule has 0 aromatic rings. The van der Waals surface area contributed by atoms with Crippen LogP contribution < -0.4 is 0 Å². The molecule has 1 amide bonds. The minimum atomic E-state index is -0.811. The van der Waals surface area contributed by atoms with Gasteiger partial charge in [0.05, 0.1) is 13.0 Å². The Hall–Kier alpha value is -1.26. The van der Waals surface area contributed by atoms with Gasteiger partial charge in [0.25, 0.3) is 0 Å². The standard InChI is InChI=1S/C13H21NO4/c1-18-12(17)14-9-10(11(15)16)5-8-13(14)6-3-2-4-7-13/h10H,2-9H2,1H3,(H,15,16). The van der Waals surface area contributed by atoms with Crippen LogP contribution in [0.5, 0.6) is 0 Å². The summed E-state index contributed by atoms with van der Waals surface area (Å²) in [5.74, 6) is -1.26. The van der Waals surface area contributed by atoms with Gasteiger partial charge in [0.2, 0.25) is 0 Å². The van der Waals surface area contributed by atoms with Crippen LogP contribution in [0.2, 0.25) is 0 Å². The molecule has 0 radical (unpaired) electrons. The molecule has 0 aromatic heterocycles. The van der Waals surface area contributed by atoms with Gasteiger partial charge in [0, 0.05) is 12.1 Å². The molecule has 1 N–H and O–H groups in total. The van der Waals surface area contributed by atoms with E-state index in [1.807, 2.05) is 0 Å². The summed E-state index contributed by atoms with van der Waals surface area (Å²) in [4.78, 5) is 24.7. The molecule has 1 aliphatic carbocycles. The van der Waals surface area contributed by atoms with E-state index in [0.717, 1.165) is 32.1 Å². The highest BCUT2D eigenvalue weighted by atomic mass is 16.5. The van der Waals surface area contributed by atoms with Gasteiger partial charge in [0.15, 0.2) is 0 Å². The Balaban J connectivity index is 2.18. The van der Waals surface area contributed by atoms with Crippen molar-refractivity contribution in [2.24, 2.45) is 5.92 Å². The van der Waals surface area contributed by atoms with Crippen molar-refractivity contribution in [1.29, 1.82) is 0 Å². The molecule has 1 unspecified atom stereocenters. The maximum atomic E-state index is 11.9. The van der Waals surface area contributed by atoms with E-state index in [1.54, 1.807) is 4.90 Å². The van der Waals surface area contributed by atoms with E-state index in [4.69, 9.17) is 9.84 Å². The largest absolute Gasteiger partial charge is 0.481 e. The summed E-state index contributed by atoms with van der Waals surface area (Å²) in [5.41, 5.74) is -0.142. The quantitative estimate of drug-likeness (QED) is 0.780. The number of amides is 1. The predicted molar refractivity (Wildman–Crippen MR) is 65.3 cm³/mol. The van der Waals surface area contributed by atoms with E-state index in [1.165, 1.54) is 13.5 Å². The van der Waals surface area contributed by atoms with Crippen LogP contribution in [-0.2, 0) is 9.53 Å². The van der Waals surface area contributed by atoms with Crippen LogP contribution in [0.4, 0.5) is 4.79 Å². The molecule has 5 heteroatoms. The van der Waals surface area contributed by atoms with Crippen LogP contribution in [0.3, 0.4) is 0 Å². The second-order valence-electron chi connectivity index (χ2n) is 5.44. The zero-order valence-electron chi connectivity index (χ0n) is 10.9. The number of methoxy groups -OCH3 is 1. The van der Waals surface area contributed by atoms with Crippen molar-refractivity contribution >= 4 is 12.1 Å². The Morgan fingerprint density at radius 3 is 2.44 bits per heavy atom. The van der Waals surface area contributed by atoms with Crippen LogP contribution in [0, 0.1) is 5.92 Å². The van der Waals surface area contributed by atoms with Crippen LogP contribution in [0.25, 0.3) is 0 Å². The minimum absolute atomic E-state index is 0.142. The molecular weight excluding hydrogens is 234 g/mol. The first-order valence-electron chi connectivity index (χ1n) is 6.67. The summed E-state index contributed by atoms with van der Waals surface area (Å²) in [6.07, 6.45) is 6.49. The molecule has 0 bridgehead atoms. The van der Waals surface area contributed by atoms with Crippen molar-refractivity contribution in [2.75, 3.05) is 13.7 Å². The van der Waals surface area contributed by atoms with E-state index in [9.17, 15) is 9.59 Å². The highest BCUT2D eigenvalue weighted by molar-refractivity contribution is 5.73. The van der Waals surface area contributed by atoms with Crippen molar-refractivity contribution in [3.05, 3.63) is 0 Å². The number of aliphatic carboxylic acids is 1. The van der Waals surface area contributed by atoms with Crippen molar-refractivity contribution < 1.29 is 19.4 Å². The van der Waals surface area contributed by atoms with E-state index in [0.29, 0.717) is 13.0 Å². The van der Waals surface area contributed by atoms with Crippen molar-refractivity contribution in [1.82, 2.24) is 4.90 Å². The second-order valence-corrected chi connectivity index (χ2v) is 5.44. The van der Waals surface area contributed by atoms with Crippen molar-refractivity contribution in [3.8, 4) is 0 Å². The molecule has 2 aliphatic rings. The number of carboxylic acid groups (broad SMARTS) is 1. The Kier molecular flexibility index (Phi) is 3.78. The Labute approximate surface area is 107 Å². The topological polar surface area (TPSA) is 66.8 Å². The first-order valence-corrected chi connectivity index (χ1v) is 6.67. The molecule has 2 fully saturated rings. The molecule has 18 heavy (non-hydrogen) atoms. The molecule has 1 saturated carbocycles. The molecule has 1 atom stereocenters. The molecule has 0 aromatic carbocycles. The number of carbonyl (C=O) groups is 2. The molecule has 1 aliphatic heterocycles. The number of likely N-dealkylation sites (tertiary alicyclic amines) is 1. The fourth-order valence-corrected chi connectivity index (χ4v) is 3.39. The summed E-state index contributed by atoms with van der Waals surface area (Å²) in [6.45, 7) is 0.294. The lowest BCUT2D eigenvalue weighted by atomic mass is 9.73. The molecule has 1 spiro atoms. The predicted octanol–water partition coefficient (Wildman–Crippen LogP) is 2.25. The number of carbonyl (C=O) groups excluding carboxylic acids is 1. The number of hydrogen-bond acceptors (Lipinski definition) is 3. The van der Waals surface area contributed by atoms with Crippen LogP contribution in [0.1, 0.15) is 44.9 Å². The number of hydrogen-bond donors (Lipinski definition) is 1. The lowest BCUT2D eigenvalue weighted by Crippen LogP contribution is -2.58. The van der Waals surface area contributed by atoms with Gasteiger partial charge in [-0.05, 0) is 25.7 Å². The van der Waals surface area contributed by atoms with Crippen LogP contribution in [0.15, 0.2) is 0 Å². The van der Waals surface area contributed by atoms with Gasteiger partial charge in [-0.25, -0.2) is 4.79 Å². The number of piperidine rings is 1. The third-order valence-electron chi connectivity index (χ3n) is 4.46. The second kappa shape index (κ2) is 5.16. The lowest BCUT2D eigenvalue weighted by molar-refractivity contribution is -0.145. The van der Waals surface area contributed by atoms with E-state index < -0.39 is 11.9 Å². The van der Waals surface area contributed by atoms with E-state index in [-0.39, 0.29) is 11.6 Å². The SMILES string of the molecule is COC(=O)N1CC(C(=O)O)CCC12CCCCC2. The fourth-order valence-electron chi connectivity index (χ4n) is 3.39. The Bertz CT molecular complexity index is 336. The van der Waals surface area contributed by atoms with Crippen LogP contribution >= 0.6 is 0 Å². The summed E-state index contributed by atoms with van der Waals surface area (Å²) in [7, 11) is 1.36. The molecule has 102 valence electrons. The third-order valence-corrected chi connectivity index (χ3v) is 4.46. The van der Waals surface area contributed by atoms with Gasteiger partial charge in [-0.3, -0.25) is 4.79 Å². The summed E-state index contributed by atoms with van der Waals surface area (Å²) >= 11 is 0. The summed E-state index contributed by atoms with van der Waals surface area (Å²) in [6, 6.07) is 0. The van der Waals surface area contributed by atoms with Gasteiger partial charge in [0.1, 0.15) is 0 Å². The maximum absolute atomic E-state index is 11.9. The maximum Gasteiger partial charge on any atom is 0.409 e. The van der Waals surface area contributed by atoms with Gasteiger partial charge < -0.3 is 14.7 Å². The van der Waals surface area contributed by atoms with E-state index >= 15 is 0 Å². The van der Waals surface area contributed by atoms with Gasteiger partial charge in [-0.15, -0.1) is 0 Å². The zero-order valence-corrected chi connectivity index (χ0v) is 10.9. The van der Waals surface area contributed by atoms with E-state index in [2.05, 4.69) is 0 Å². The molecule has 1 saturated heterocycles. The highest BCUT2D eigenvalue weighted by Crippen LogP contribution is 2.42. The summed E-state index contributed by atoms with van der Waals surface area (Å²) < 4.78 is 4.84. The van der Waals surface area contributed by atoms with Gasteiger partial charge in [-0.1, -0.05) is 19.3 Å². The normalized spacial score (nSPS) is 26.9. The first-order chi connectivity index (χ1) is 8.59. The Morgan fingerprint density at radius 2 is 1.89 bits per heavy atom. The smallest absolute Gasteiger partial charge is 0.409 e. The number of rotatable bonds is 1. The zero-order chi connectivity index (χ0) is 13.2.